The Morgan fingerprint density at radius 2 is 1.89 bits per heavy atom. The lowest BCUT2D eigenvalue weighted by Crippen LogP contribution is -2.22. The molecule has 0 aliphatic heterocycles. The third-order valence-electron chi connectivity index (χ3n) is 5.06. The predicted octanol–water partition coefficient (Wildman–Crippen LogP) is 6.21. The van der Waals surface area contributed by atoms with E-state index in [2.05, 4.69) is 31.3 Å². The van der Waals surface area contributed by atoms with Crippen LogP contribution in [-0.2, 0) is 11.3 Å². The Morgan fingerprint density at radius 3 is 2.43 bits per heavy atom. The van der Waals surface area contributed by atoms with E-state index in [4.69, 9.17) is 5.73 Å². The van der Waals surface area contributed by atoms with Gasteiger partial charge in [0, 0.05) is 20.7 Å². The molecule has 4 aromatic heterocycles. The Balaban J connectivity index is 1.82. The molecular formula is C21H16BrF4N5O2S2. The van der Waals surface area contributed by atoms with Gasteiger partial charge in [0.25, 0.3) is 18.8 Å². The van der Waals surface area contributed by atoms with E-state index in [1.807, 2.05) is 13.0 Å². The first-order valence-electron chi connectivity index (χ1n) is 9.90. The summed E-state index contributed by atoms with van der Waals surface area (Å²) in [6.45, 7) is 2.92. The number of aromatic nitrogens is 3. The van der Waals surface area contributed by atoms with E-state index in [0.717, 1.165) is 20.9 Å². The molecule has 0 aromatic carbocycles. The van der Waals surface area contributed by atoms with E-state index in [1.54, 1.807) is 6.07 Å². The van der Waals surface area contributed by atoms with Gasteiger partial charge in [0.05, 0.1) is 15.9 Å². The minimum atomic E-state index is -2.86. The van der Waals surface area contributed by atoms with Gasteiger partial charge in [0.1, 0.15) is 27.6 Å². The largest absolute Gasteiger partial charge is 0.365 e. The minimum absolute atomic E-state index is 0.0230. The number of hydrogen-bond acceptors (Lipinski definition) is 6. The fourth-order valence-corrected chi connectivity index (χ4v) is 5.81. The SMILES string of the molecule is Cc1ccc(-c2cc(C(F)F)nc3sc(C(N)=O)c(NC(=O)Cn4nc(C(F)F)c(Br)c4C)c23)s1. The van der Waals surface area contributed by atoms with Gasteiger partial charge in [-0.05, 0) is 48.0 Å². The molecule has 0 atom stereocenters. The molecule has 4 rings (SSSR count). The van der Waals surface area contributed by atoms with Gasteiger partial charge in [-0.15, -0.1) is 22.7 Å². The topological polar surface area (TPSA) is 103 Å². The number of nitrogens with one attached hydrogen (secondary N) is 1. The number of carbonyl (C=O) groups excluding carboxylic acids is 2. The number of aryl methyl sites for hydroxylation is 1. The van der Waals surface area contributed by atoms with Gasteiger partial charge in [-0.1, -0.05) is 0 Å². The van der Waals surface area contributed by atoms with E-state index < -0.39 is 42.6 Å². The molecule has 0 spiro atoms. The molecule has 4 heterocycles. The van der Waals surface area contributed by atoms with Gasteiger partial charge >= 0.3 is 0 Å². The molecule has 184 valence electrons. The zero-order valence-electron chi connectivity index (χ0n) is 18.0. The average molecular weight is 590 g/mol. The molecule has 0 bridgehead atoms. The van der Waals surface area contributed by atoms with Crippen molar-refractivity contribution in [3.8, 4) is 10.4 Å². The van der Waals surface area contributed by atoms with Crippen LogP contribution in [0.1, 0.15) is 44.5 Å². The molecule has 14 heteroatoms. The zero-order chi connectivity index (χ0) is 25.6. The number of pyridine rings is 1. The summed E-state index contributed by atoms with van der Waals surface area (Å²) in [5.41, 5.74) is 5.22. The molecule has 7 nitrogen and oxygen atoms in total. The molecule has 0 radical (unpaired) electrons. The molecule has 35 heavy (non-hydrogen) atoms. The molecule has 2 amide bonds. The lowest BCUT2D eigenvalue weighted by Gasteiger charge is -2.10. The van der Waals surface area contributed by atoms with Crippen molar-refractivity contribution >= 4 is 66.3 Å². The van der Waals surface area contributed by atoms with Crippen LogP contribution in [0.5, 0.6) is 0 Å². The predicted molar refractivity (Wildman–Crippen MR) is 129 cm³/mol. The summed E-state index contributed by atoms with van der Waals surface area (Å²) in [4.78, 5) is 30.7. The first-order chi connectivity index (χ1) is 16.5. The average Bonchev–Trinajstić information content (AvgIpc) is 3.45. The number of nitrogens with two attached hydrogens (primary N) is 1. The maximum atomic E-state index is 13.6. The van der Waals surface area contributed by atoms with Crippen LogP contribution >= 0.6 is 38.6 Å². The van der Waals surface area contributed by atoms with Crippen molar-refractivity contribution in [1.82, 2.24) is 14.8 Å². The molecule has 0 fully saturated rings. The van der Waals surface area contributed by atoms with Crippen molar-refractivity contribution in [3.05, 3.63) is 49.5 Å². The lowest BCUT2D eigenvalue weighted by atomic mass is 10.1. The molecular weight excluding hydrogens is 574 g/mol. The third kappa shape index (κ3) is 4.82. The number of fused-ring (bicyclic) bond motifs is 1. The second-order valence-electron chi connectivity index (χ2n) is 7.45. The number of thiophene rings is 2. The van der Waals surface area contributed by atoms with Crippen molar-refractivity contribution < 1.29 is 27.2 Å². The van der Waals surface area contributed by atoms with Crippen molar-refractivity contribution in [2.75, 3.05) is 5.32 Å². The van der Waals surface area contributed by atoms with E-state index in [9.17, 15) is 27.2 Å². The van der Waals surface area contributed by atoms with Gasteiger partial charge in [0.2, 0.25) is 5.91 Å². The fraction of sp³-hybridized carbons (Fsp3) is 0.238. The summed E-state index contributed by atoms with van der Waals surface area (Å²) in [6, 6.07) is 4.77. The summed E-state index contributed by atoms with van der Waals surface area (Å²) in [5, 5.41) is 6.66. The molecule has 0 saturated carbocycles. The number of anilines is 1. The Bertz CT molecular complexity index is 1460. The van der Waals surface area contributed by atoms with Crippen molar-refractivity contribution in [1.29, 1.82) is 0 Å². The first-order valence-corrected chi connectivity index (χ1v) is 12.3. The van der Waals surface area contributed by atoms with Crippen LogP contribution in [0.4, 0.5) is 23.2 Å². The molecule has 0 aliphatic rings. The van der Waals surface area contributed by atoms with Gasteiger partial charge in [0.15, 0.2) is 0 Å². The van der Waals surface area contributed by atoms with E-state index in [0.29, 0.717) is 16.1 Å². The fourth-order valence-electron chi connectivity index (χ4n) is 3.45. The van der Waals surface area contributed by atoms with Gasteiger partial charge in [-0.2, -0.15) is 5.10 Å². The normalized spacial score (nSPS) is 11.7. The number of alkyl halides is 4. The molecule has 0 aliphatic carbocycles. The second kappa shape index (κ2) is 9.66. The number of primary amides is 1. The smallest absolute Gasteiger partial charge is 0.283 e. The number of nitrogens with zero attached hydrogens (tertiary/aromatic N) is 3. The Hall–Kier alpha value is -2.84. The summed E-state index contributed by atoms with van der Waals surface area (Å²) in [7, 11) is 0. The quantitative estimate of drug-likeness (QED) is 0.250. The number of rotatable bonds is 7. The van der Waals surface area contributed by atoms with Crippen LogP contribution < -0.4 is 11.1 Å². The zero-order valence-corrected chi connectivity index (χ0v) is 21.3. The third-order valence-corrected chi connectivity index (χ3v) is 8.17. The van der Waals surface area contributed by atoms with Crippen molar-refractivity contribution in [2.45, 2.75) is 33.2 Å². The Kier molecular flexibility index (Phi) is 6.97. The van der Waals surface area contributed by atoms with Crippen LogP contribution in [0.25, 0.3) is 20.7 Å². The Morgan fingerprint density at radius 1 is 1.17 bits per heavy atom. The van der Waals surface area contributed by atoms with Gasteiger partial charge < -0.3 is 11.1 Å². The van der Waals surface area contributed by atoms with Crippen LogP contribution in [0.15, 0.2) is 22.7 Å². The Labute approximate surface area is 212 Å². The van der Waals surface area contributed by atoms with E-state index >= 15 is 0 Å². The highest BCUT2D eigenvalue weighted by Gasteiger charge is 2.26. The standard InChI is InChI=1S/C21H16BrF4N5O2S2/c1-7-3-4-11(34-7)9-5-10(18(23)24)28-21-13(9)15(17(35-21)20(27)33)29-12(32)6-31-8(2)14(22)16(30-31)19(25)26/h3-5,18-19H,6H2,1-2H3,(H2,27,33)(H,29,32). The van der Waals surface area contributed by atoms with Crippen LogP contribution in [0.2, 0.25) is 0 Å². The summed E-state index contributed by atoms with van der Waals surface area (Å²) < 4.78 is 54.6. The second-order valence-corrected chi connectivity index (χ2v) is 10.5. The maximum absolute atomic E-state index is 13.6. The number of amides is 2. The summed E-state index contributed by atoms with van der Waals surface area (Å²) >= 11 is 5.18. The monoisotopic (exact) mass is 589 g/mol. The van der Waals surface area contributed by atoms with Crippen molar-refractivity contribution in [2.24, 2.45) is 5.73 Å². The van der Waals surface area contributed by atoms with E-state index in [-0.39, 0.29) is 25.3 Å². The van der Waals surface area contributed by atoms with E-state index in [1.165, 1.54) is 24.3 Å². The highest BCUT2D eigenvalue weighted by molar-refractivity contribution is 9.10. The molecule has 0 unspecified atom stereocenters. The maximum Gasteiger partial charge on any atom is 0.283 e. The summed E-state index contributed by atoms with van der Waals surface area (Å²) in [6.07, 6.45) is -5.71. The number of hydrogen-bond donors (Lipinski definition) is 2. The summed E-state index contributed by atoms with van der Waals surface area (Å²) in [5.74, 6) is -1.56. The van der Waals surface area contributed by atoms with Crippen LogP contribution in [0.3, 0.4) is 0 Å². The highest BCUT2D eigenvalue weighted by Crippen LogP contribution is 2.44. The van der Waals surface area contributed by atoms with Gasteiger partial charge in [-0.3, -0.25) is 14.3 Å². The minimum Gasteiger partial charge on any atom is -0.365 e. The molecule has 3 N–H and O–H groups in total. The van der Waals surface area contributed by atoms with Crippen LogP contribution in [-0.4, -0.2) is 26.6 Å². The van der Waals surface area contributed by atoms with Crippen LogP contribution in [0, 0.1) is 13.8 Å². The first kappa shape index (κ1) is 25.3. The number of halogens is 5. The lowest BCUT2D eigenvalue weighted by molar-refractivity contribution is -0.116. The van der Waals surface area contributed by atoms with Gasteiger partial charge in [-0.25, -0.2) is 22.5 Å². The van der Waals surface area contributed by atoms with Crippen molar-refractivity contribution in [3.63, 3.8) is 0 Å². The number of carbonyl (C=O) groups is 2. The molecule has 0 saturated heterocycles. The highest BCUT2D eigenvalue weighted by atomic mass is 79.9. The molecule has 4 aromatic rings.